The number of fused-ring (bicyclic) bond motifs is 1. The lowest BCUT2D eigenvalue weighted by Gasteiger charge is -2.29. The number of benzene rings is 1. The van der Waals surface area contributed by atoms with E-state index in [1.165, 1.54) is 23.9 Å². The highest BCUT2D eigenvalue weighted by Gasteiger charge is 2.29. The van der Waals surface area contributed by atoms with Crippen LogP contribution in [0.2, 0.25) is 0 Å². The quantitative estimate of drug-likeness (QED) is 0.667. The number of nitrogens with one attached hydrogen (secondary N) is 1. The van der Waals surface area contributed by atoms with E-state index in [2.05, 4.69) is 10.3 Å². The fraction of sp³-hybridized carbons (Fsp3) is 0.478. The predicted octanol–water partition coefficient (Wildman–Crippen LogP) is 2.24. The topological polar surface area (TPSA) is 91.4 Å². The van der Waals surface area contributed by atoms with Gasteiger partial charge in [-0.15, -0.1) is 0 Å². The van der Waals surface area contributed by atoms with Crippen molar-refractivity contribution in [1.29, 1.82) is 0 Å². The Bertz CT molecular complexity index is 974. The molecule has 0 spiro atoms. The van der Waals surface area contributed by atoms with Crippen LogP contribution < -0.4 is 29.2 Å². The van der Waals surface area contributed by atoms with Gasteiger partial charge in [-0.05, 0) is 30.9 Å². The lowest BCUT2D eigenvalue weighted by Crippen LogP contribution is -2.44. The van der Waals surface area contributed by atoms with Gasteiger partial charge in [0.25, 0.3) is 5.91 Å². The second-order valence-corrected chi connectivity index (χ2v) is 8.15. The number of aromatic nitrogens is 1. The Hall–Kier alpha value is -3.04. The fourth-order valence-electron chi connectivity index (χ4n) is 3.66. The summed E-state index contributed by atoms with van der Waals surface area (Å²) in [7, 11) is 1.57. The number of rotatable bonds is 8. The highest BCUT2D eigenvalue weighted by Crippen LogP contribution is 2.36. The standard InChI is InChI=1S/C23H27N3O6/c1-28-21-8-17(4-5-19(21)30-13-16-12-29-7-6-24-16)26-14-32-20-9-22(31-11-15-2-3-15)25-10-18(20)23(26)27/h4-5,8-10,15-16,24H,2-3,6-7,11-14H2,1H3/t16-/m0/s1. The van der Waals surface area contributed by atoms with Crippen molar-refractivity contribution in [3.05, 3.63) is 36.0 Å². The molecule has 3 aliphatic rings. The molecular weight excluding hydrogens is 414 g/mol. The van der Waals surface area contributed by atoms with E-state index in [9.17, 15) is 4.79 Å². The number of anilines is 1. The zero-order valence-electron chi connectivity index (χ0n) is 18.0. The first kappa shape index (κ1) is 20.8. The molecule has 1 aromatic heterocycles. The Balaban J connectivity index is 1.27. The van der Waals surface area contributed by atoms with Crippen molar-refractivity contribution in [2.24, 2.45) is 5.92 Å². The third kappa shape index (κ3) is 4.58. The number of ether oxygens (including phenoxy) is 5. The average molecular weight is 441 g/mol. The highest BCUT2D eigenvalue weighted by molar-refractivity contribution is 6.08. The second-order valence-electron chi connectivity index (χ2n) is 8.15. The molecule has 1 saturated heterocycles. The van der Waals surface area contributed by atoms with E-state index in [1.54, 1.807) is 25.3 Å². The molecule has 0 radical (unpaired) electrons. The number of hydrogen-bond acceptors (Lipinski definition) is 8. The van der Waals surface area contributed by atoms with Gasteiger partial charge in [0.15, 0.2) is 18.2 Å². The van der Waals surface area contributed by atoms with Gasteiger partial charge in [-0.2, -0.15) is 0 Å². The van der Waals surface area contributed by atoms with Crippen molar-refractivity contribution in [1.82, 2.24) is 10.3 Å². The molecule has 2 fully saturated rings. The predicted molar refractivity (Wildman–Crippen MR) is 116 cm³/mol. The lowest BCUT2D eigenvalue weighted by atomic mass is 10.1. The highest BCUT2D eigenvalue weighted by atomic mass is 16.5. The first-order valence-corrected chi connectivity index (χ1v) is 10.9. The molecule has 0 bridgehead atoms. The summed E-state index contributed by atoms with van der Waals surface area (Å²) in [5.41, 5.74) is 1.05. The molecule has 1 N–H and O–H groups in total. The molecule has 9 nitrogen and oxygen atoms in total. The monoisotopic (exact) mass is 441 g/mol. The number of carbonyl (C=O) groups is 1. The van der Waals surface area contributed by atoms with Crippen LogP contribution in [-0.2, 0) is 4.74 Å². The molecule has 3 heterocycles. The van der Waals surface area contributed by atoms with Crippen LogP contribution in [0.15, 0.2) is 30.5 Å². The first-order valence-electron chi connectivity index (χ1n) is 10.9. The maximum atomic E-state index is 13.1. The molecule has 1 saturated carbocycles. The summed E-state index contributed by atoms with van der Waals surface area (Å²) in [4.78, 5) is 18.9. The molecule has 1 atom stereocenters. The molecule has 170 valence electrons. The third-order valence-corrected chi connectivity index (χ3v) is 5.73. The molecule has 32 heavy (non-hydrogen) atoms. The summed E-state index contributed by atoms with van der Waals surface area (Å²) in [6.07, 6.45) is 3.92. The van der Waals surface area contributed by atoms with Crippen LogP contribution >= 0.6 is 0 Å². The van der Waals surface area contributed by atoms with Crippen LogP contribution in [0.1, 0.15) is 23.2 Å². The van der Waals surface area contributed by atoms with E-state index < -0.39 is 0 Å². The van der Waals surface area contributed by atoms with Gasteiger partial charge in [0, 0.05) is 24.9 Å². The maximum absolute atomic E-state index is 13.1. The van der Waals surface area contributed by atoms with E-state index in [1.807, 2.05) is 6.07 Å². The maximum Gasteiger partial charge on any atom is 0.266 e. The van der Waals surface area contributed by atoms with Crippen molar-refractivity contribution in [3.8, 4) is 23.1 Å². The van der Waals surface area contributed by atoms with Crippen LogP contribution in [0, 0.1) is 5.92 Å². The Labute approximate surface area is 186 Å². The smallest absolute Gasteiger partial charge is 0.266 e. The largest absolute Gasteiger partial charge is 0.493 e. The number of hydrogen-bond donors (Lipinski definition) is 1. The minimum atomic E-state index is -0.188. The summed E-state index contributed by atoms with van der Waals surface area (Å²) in [5.74, 6) is 2.55. The van der Waals surface area contributed by atoms with Gasteiger partial charge in [-0.3, -0.25) is 9.69 Å². The van der Waals surface area contributed by atoms with Gasteiger partial charge in [0.2, 0.25) is 5.88 Å². The first-order chi connectivity index (χ1) is 15.7. The average Bonchev–Trinajstić information content (AvgIpc) is 3.67. The molecule has 2 aliphatic heterocycles. The molecule has 0 unspecified atom stereocenters. The molecule has 5 rings (SSSR count). The Morgan fingerprint density at radius 3 is 2.88 bits per heavy atom. The number of pyridine rings is 1. The van der Waals surface area contributed by atoms with Gasteiger partial charge in [-0.1, -0.05) is 0 Å². The SMILES string of the molecule is COc1cc(N2COc3cc(OCC4CC4)ncc3C2=O)ccc1OC[C@@H]1COCCN1. The van der Waals surface area contributed by atoms with Crippen molar-refractivity contribution < 1.29 is 28.5 Å². The van der Waals surface area contributed by atoms with Crippen LogP contribution in [-0.4, -0.2) is 63.7 Å². The lowest BCUT2D eigenvalue weighted by molar-refractivity contribution is 0.0588. The van der Waals surface area contributed by atoms with Crippen molar-refractivity contribution >= 4 is 11.6 Å². The van der Waals surface area contributed by atoms with E-state index in [-0.39, 0.29) is 18.7 Å². The van der Waals surface area contributed by atoms with Gasteiger partial charge >= 0.3 is 0 Å². The van der Waals surface area contributed by atoms with Crippen LogP contribution in [0.5, 0.6) is 23.1 Å². The van der Waals surface area contributed by atoms with Crippen molar-refractivity contribution in [2.75, 3.05) is 51.7 Å². The van der Waals surface area contributed by atoms with Gasteiger partial charge in [-0.25, -0.2) is 4.98 Å². The summed E-state index contributed by atoms with van der Waals surface area (Å²) < 4.78 is 28.4. The summed E-state index contributed by atoms with van der Waals surface area (Å²) in [6, 6.07) is 7.20. The van der Waals surface area contributed by atoms with Crippen LogP contribution in [0.25, 0.3) is 0 Å². The van der Waals surface area contributed by atoms with Gasteiger partial charge < -0.3 is 29.0 Å². The van der Waals surface area contributed by atoms with Crippen LogP contribution in [0.4, 0.5) is 5.69 Å². The zero-order chi connectivity index (χ0) is 21.9. The number of methoxy groups -OCH3 is 1. The van der Waals surface area contributed by atoms with E-state index in [0.29, 0.717) is 66.7 Å². The molecular formula is C23H27N3O6. The Morgan fingerprint density at radius 1 is 1.19 bits per heavy atom. The number of nitrogens with zero attached hydrogens (tertiary/aromatic N) is 2. The summed E-state index contributed by atoms with van der Waals surface area (Å²) >= 11 is 0. The van der Waals surface area contributed by atoms with Crippen LogP contribution in [0.3, 0.4) is 0 Å². The fourth-order valence-corrected chi connectivity index (χ4v) is 3.66. The molecule has 1 aliphatic carbocycles. The Kier molecular flexibility index (Phi) is 6.00. The second kappa shape index (κ2) is 9.22. The minimum Gasteiger partial charge on any atom is -0.493 e. The minimum absolute atomic E-state index is 0.0879. The van der Waals surface area contributed by atoms with Gasteiger partial charge in [0.05, 0.1) is 38.7 Å². The number of morpholine rings is 1. The molecule has 1 aromatic carbocycles. The van der Waals surface area contributed by atoms with Gasteiger partial charge in [0.1, 0.15) is 17.9 Å². The van der Waals surface area contributed by atoms with Crippen molar-refractivity contribution in [2.45, 2.75) is 18.9 Å². The van der Waals surface area contributed by atoms with Crippen molar-refractivity contribution in [3.63, 3.8) is 0 Å². The van der Waals surface area contributed by atoms with E-state index in [4.69, 9.17) is 23.7 Å². The third-order valence-electron chi connectivity index (χ3n) is 5.73. The normalized spacial score (nSPS) is 20.3. The van der Waals surface area contributed by atoms with E-state index >= 15 is 0 Å². The van der Waals surface area contributed by atoms with E-state index in [0.717, 1.165) is 6.54 Å². The summed E-state index contributed by atoms with van der Waals surface area (Å²) in [5, 5.41) is 3.35. The Morgan fingerprint density at radius 2 is 2.09 bits per heavy atom. The molecule has 9 heteroatoms. The number of amides is 1. The molecule has 2 aromatic rings. The zero-order valence-corrected chi connectivity index (χ0v) is 18.0. The summed E-state index contributed by atoms with van der Waals surface area (Å²) in [6.45, 7) is 3.35. The molecule has 1 amide bonds. The number of carbonyl (C=O) groups excluding carboxylic acids is 1.